The molecule has 2 aliphatic rings. The summed E-state index contributed by atoms with van der Waals surface area (Å²) in [6.07, 6.45) is 7.92. The first kappa shape index (κ1) is 33.0. The van der Waals surface area contributed by atoms with E-state index in [1.54, 1.807) is 18.5 Å². The third-order valence-corrected chi connectivity index (χ3v) is 9.86. The minimum atomic E-state index is -0.934. The summed E-state index contributed by atoms with van der Waals surface area (Å²) in [6.45, 7) is 4.76. The summed E-state index contributed by atoms with van der Waals surface area (Å²) in [4.78, 5) is 38.2. The maximum Gasteiger partial charge on any atom is 0.261 e. The zero-order valence-electron chi connectivity index (χ0n) is 26.2. The van der Waals surface area contributed by atoms with Gasteiger partial charge in [-0.3, -0.25) is 14.3 Å². The van der Waals surface area contributed by atoms with E-state index in [9.17, 15) is 18.4 Å². The van der Waals surface area contributed by atoms with Crippen molar-refractivity contribution in [1.82, 2.24) is 39.1 Å². The summed E-state index contributed by atoms with van der Waals surface area (Å²) in [5, 5.41) is 10.6. The van der Waals surface area contributed by atoms with Crippen molar-refractivity contribution in [2.45, 2.75) is 29.5 Å². The molecule has 0 spiro atoms. The molecular weight excluding hydrogens is 631 g/mol. The van der Waals surface area contributed by atoms with Crippen LogP contribution >= 0.6 is 11.8 Å². The fourth-order valence-corrected chi connectivity index (χ4v) is 6.87. The van der Waals surface area contributed by atoms with E-state index in [1.165, 1.54) is 39.8 Å². The summed E-state index contributed by atoms with van der Waals surface area (Å²) < 4.78 is 44.7. The molecule has 3 aromatic heterocycles. The fraction of sp³-hybridized carbons (Fsp3) is 0.469. The number of carbonyl (C=O) groups is 2. The number of alkyl halides is 2. The summed E-state index contributed by atoms with van der Waals surface area (Å²) in [6, 6.07) is 5.77. The van der Waals surface area contributed by atoms with E-state index in [0.29, 0.717) is 29.6 Å². The Hall–Kier alpha value is -3.95. The van der Waals surface area contributed by atoms with Crippen LogP contribution in [0.2, 0.25) is 0 Å². The van der Waals surface area contributed by atoms with Crippen molar-refractivity contribution in [3.63, 3.8) is 0 Å². The molecule has 0 radical (unpaired) electrons. The number of rotatable bonds is 11. The molecule has 0 atom stereocenters. The smallest absolute Gasteiger partial charge is 0.261 e. The first-order valence-corrected chi connectivity index (χ1v) is 16.6. The van der Waals surface area contributed by atoms with Gasteiger partial charge in [-0.25, -0.2) is 22.7 Å². The highest BCUT2D eigenvalue weighted by atomic mass is 32.2. The lowest BCUT2D eigenvalue weighted by Crippen LogP contribution is -2.48. The first-order chi connectivity index (χ1) is 22.8. The summed E-state index contributed by atoms with van der Waals surface area (Å²) in [7, 11) is 2.14. The van der Waals surface area contributed by atoms with Crippen molar-refractivity contribution >= 4 is 34.9 Å². The minimum Gasteiger partial charge on any atom is -0.341 e. The topological polar surface area (TPSA) is 104 Å². The number of carbonyl (C=O) groups excluding carboxylic acids is 2. The standard InChI is InChI=1S/C32H38F3N9O2S/c1-40-11-13-41(14-12-40)19-22-5-9-42(10-6-22)29(45)21-43-20-28(38-32(46)26-18-37-44-8-2-7-36-31(26)44)30(39-43)25-15-23(3-4-27(25)35)47-24(16-33)17-34/h2-4,7-8,15,18,20,22,24H,5-6,9-14,16-17,19,21H2,1H3,(H,38,46). The number of fused-ring (bicyclic) bond motifs is 1. The molecule has 6 rings (SSSR count). The van der Waals surface area contributed by atoms with Gasteiger partial charge in [0.25, 0.3) is 5.91 Å². The van der Waals surface area contributed by atoms with Crippen LogP contribution in [0.1, 0.15) is 23.2 Å². The lowest BCUT2D eigenvalue weighted by atomic mass is 9.96. The average molecular weight is 670 g/mol. The van der Waals surface area contributed by atoms with Crippen LogP contribution in [-0.4, -0.2) is 122 Å². The largest absolute Gasteiger partial charge is 0.341 e. The van der Waals surface area contributed by atoms with Crippen LogP contribution in [0, 0.1) is 11.7 Å². The maximum atomic E-state index is 15.3. The van der Waals surface area contributed by atoms with Gasteiger partial charge in [-0.1, -0.05) is 0 Å². The van der Waals surface area contributed by atoms with Gasteiger partial charge < -0.3 is 20.0 Å². The van der Waals surface area contributed by atoms with Gasteiger partial charge in [0.15, 0.2) is 5.65 Å². The van der Waals surface area contributed by atoms with E-state index >= 15 is 4.39 Å². The Morgan fingerprint density at radius 2 is 1.85 bits per heavy atom. The molecule has 2 amide bonds. The second kappa shape index (κ2) is 14.9. The van der Waals surface area contributed by atoms with Crippen LogP contribution in [0.4, 0.5) is 18.9 Å². The normalized spacial score (nSPS) is 16.7. The molecule has 0 aliphatic carbocycles. The Morgan fingerprint density at radius 3 is 2.60 bits per heavy atom. The fourth-order valence-electron chi connectivity index (χ4n) is 6.02. The van der Waals surface area contributed by atoms with Crippen molar-refractivity contribution in [3.05, 3.63) is 60.4 Å². The zero-order valence-corrected chi connectivity index (χ0v) is 27.0. The minimum absolute atomic E-state index is 0.0238. The van der Waals surface area contributed by atoms with Crippen LogP contribution in [0.5, 0.6) is 0 Å². The third kappa shape index (κ3) is 7.79. The molecule has 2 aliphatic heterocycles. The van der Waals surface area contributed by atoms with Gasteiger partial charge in [0.1, 0.15) is 37.0 Å². The highest BCUT2D eigenvalue weighted by Gasteiger charge is 2.27. The van der Waals surface area contributed by atoms with Gasteiger partial charge >= 0.3 is 0 Å². The highest BCUT2D eigenvalue weighted by Crippen LogP contribution is 2.34. The van der Waals surface area contributed by atoms with E-state index in [2.05, 4.69) is 37.3 Å². The third-order valence-electron chi connectivity index (χ3n) is 8.75. The van der Waals surface area contributed by atoms with Crippen molar-refractivity contribution in [2.75, 3.05) is 71.5 Å². The molecule has 250 valence electrons. The molecule has 1 aromatic carbocycles. The highest BCUT2D eigenvalue weighted by molar-refractivity contribution is 8.00. The van der Waals surface area contributed by atoms with Crippen LogP contribution in [0.25, 0.3) is 16.9 Å². The van der Waals surface area contributed by atoms with Gasteiger partial charge in [-0.05, 0) is 50.1 Å². The Morgan fingerprint density at radius 1 is 1.09 bits per heavy atom. The maximum absolute atomic E-state index is 15.3. The summed E-state index contributed by atoms with van der Waals surface area (Å²) in [5.74, 6) is -0.773. The molecule has 1 N–H and O–H groups in total. The molecule has 5 heterocycles. The quantitative estimate of drug-likeness (QED) is 0.240. The lowest BCUT2D eigenvalue weighted by Gasteiger charge is -2.38. The van der Waals surface area contributed by atoms with Crippen LogP contribution in [0.15, 0.2) is 53.9 Å². The number of benzene rings is 1. The van der Waals surface area contributed by atoms with Crippen LogP contribution < -0.4 is 5.32 Å². The zero-order chi connectivity index (χ0) is 32.9. The number of halogens is 3. The lowest BCUT2D eigenvalue weighted by molar-refractivity contribution is -0.133. The number of hydrogen-bond acceptors (Lipinski definition) is 8. The molecule has 0 unspecified atom stereocenters. The summed E-state index contributed by atoms with van der Waals surface area (Å²) in [5.41, 5.74) is 0.795. The number of thioether (sulfide) groups is 1. The molecule has 2 saturated heterocycles. The molecule has 4 aromatic rings. The molecular formula is C32H38F3N9O2S. The van der Waals surface area contributed by atoms with Gasteiger partial charge in [0.05, 0.1) is 17.1 Å². The van der Waals surface area contributed by atoms with Crippen LogP contribution in [0.3, 0.4) is 0 Å². The molecule has 2 fully saturated rings. The van der Waals surface area contributed by atoms with Crippen molar-refractivity contribution in [1.29, 1.82) is 0 Å². The van der Waals surface area contributed by atoms with E-state index in [0.717, 1.165) is 57.3 Å². The second-order valence-electron chi connectivity index (χ2n) is 12.1. The molecule has 15 heteroatoms. The number of hydrogen-bond donors (Lipinski definition) is 1. The second-order valence-corrected chi connectivity index (χ2v) is 13.5. The number of nitrogens with zero attached hydrogens (tertiary/aromatic N) is 8. The number of aromatic nitrogens is 5. The number of piperazine rings is 1. The predicted molar refractivity (Wildman–Crippen MR) is 173 cm³/mol. The Labute approximate surface area is 275 Å². The molecule has 0 saturated carbocycles. The van der Waals surface area contributed by atoms with E-state index in [-0.39, 0.29) is 35.0 Å². The van der Waals surface area contributed by atoms with Crippen LogP contribution in [-0.2, 0) is 11.3 Å². The van der Waals surface area contributed by atoms with Crippen molar-refractivity contribution in [3.8, 4) is 11.3 Å². The van der Waals surface area contributed by atoms with Crippen molar-refractivity contribution < 1.29 is 22.8 Å². The van der Waals surface area contributed by atoms with E-state index in [4.69, 9.17) is 0 Å². The number of likely N-dealkylation sites (tertiary alicyclic amines) is 1. The number of piperidine rings is 1. The van der Waals surface area contributed by atoms with Gasteiger partial charge in [-0.15, -0.1) is 11.8 Å². The Balaban J connectivity index is 1.20. The number of amides is 2. The summed E-state index contributed by atoms with van der Waals surface area (Å²) >= 11 is 0.949. The number of anilines is 1. The van der Waals surface area contributed by atoms with E-state index in [1.807, 2.05) is 4.90 Å². The molecule has 0 bridgehead atoms. The van der Waals surface area contributed by atoms with Gasteiger partial charge in [0.2, 0.25) is 5.91 Å². The Kier molecular flexibility index (Phi) is 10.4. The number of nitrogens with one attached hydrogen (secondary N) is 1. The number of likely N-dealkylation sites (N-methyl/N-ethyl adjacent to an activating group) is 1. The molecule has 47 heavy (non-hydrogen) atoms. The first-order valence-electron chi connectivity index (χ1n) is 15.8. The average Bonchev–Trinajstić information content (AvgIpc) is 3.69. The predicted octanol–water partition coefficient (Wildman–Crippen LogP) is 3.87. The molecule has 11 nitrogen and oxygen atoms in total. The SMILES string of the molecule is CN1CCN(CC2CCN(C(=O)Cn3cc(NC(=O)c4cnn5cccnc45)c(-c4cc(SC(CF)CF)ccc4F)n3)CC2)CC1. The van der Waals surface area contributed by atoms with Crippen molar-refractivity contribution in [2.24, 2.45) is 5.92 Å². The van der Waals surface area contributed by atoms with E-state index < -0.39 is 30.3 Å². The van der Waals surface area contributed by atoms with Gasteiger partial charge in [0, 0.05) is 74.9 Å². The Bertz CT molecular complexity index is 1700. The monoisotopic (exact) mass is 669 g/mol. The van der Waals surface area contributed by atoms with Gasteiger partial charge in [-0.2, -0.15) is 10.2 Å².